The zero-order valence-corrected chi connectivity index (χ0v) is 10.4. The summed E-state index contributed by atoms with van der Waals surface area (Å²) in [5, 5.41) is 7.36. The van der Waals surface area contributed by atoms with E-state index in [1.807, 2.05) is 0 Å². The Kier molecular flexibility index (Phi) is 3.58. The number of hydrogen-bond acceptors (Lipinski definition) is 3. The molecule has 1 aromatic heterocycles. The first-order chi connectivity index (χ1) is 9.79. The van der Waals surface area contributed by atoms with Crippen LogP contribution in [0.4, 0.5) is 22.4 Å². The van der Waals surface area contributed by atoms with Crippen molar-refractivity contribution in [1.82, 2.24) is 4.57 Å². The number of benzene rings is 1. The highest BCUT2D eigenvalue weighted by molar-refractivity contribution is 5.82. The molecule has 2 rings (SSSR count). The minimum Gasteiger partial charge on any atom is -0.449 e. The second kappa shape index (κ2) is 5.08. The molecule has 0 atom stereocenters. The zero-order valence-electron chi connectivity index (χ0n) is 10.4. The van der Waals surface area contributed by atoms with Crippen molar-refractivity contribution in [2.45, 2.75) is 13.5 Å². The summed E-state index contributed by atoms with van der Waals surface area (Å²) in [5.74, 6) is -8.72. The molecule has 0 aliphatic carbocycles. The molecule has 0 radical (unpaired) electrons. The molecule has 0 aliphatic heterocycles. The van der Waals surface area contributed by atoms with E-state index in [1.165, 1.54) is 6.92 Å². The Bertz CT molecular complexity index is 815. The van der Waals surface area contributed by atoms with Crippen molar-refractivity contribution in [2.75, 3.05) is 0 Å². The first-order valence-corrected chi connectivity index (χ1v) is 5.59. The van der Waals surface area contributed by atoms with Crippen LogP contribution in [0.5, 0.6) is 5.75 Å². The van der Waals surface area contributed by atoms with E-state index in [1.54, 1.807) is 0 Å². The first-order valence-electron chi connectivity index (χ1n) is 5.59. The number of rotatable bonds is 2. The highest BCUT2D eigenvalue weighted by Crippen LogP contribution is 2.26. The van der Waals surface area contributed by atoms with E-state index in [0.717, 1.165) is 10.8 Å². The summed E-state index contributed by atoms with van der Waals surface area (Å²) in [6.45, 7) is 1.36. The van der Waals surface area contributed by atoms with Gasteiger partial charge in [-0.1, -0.05) is 0 Å². The number of aryl methyl sites for hydroxylation is 1. The molecule has 2 aromatic rings. The number of pyridine rings is 1. The lowest BCUT2D eigenvalue weighted by atomic mass is 10.1. The van der Waals surface area contributed by atoms with E-state index >= 15 is 0 Å². The second-order valence-corrected chi connectivity index (χ2v) is 3.96. The maximum absolute atomic E-state index is 13.8. The monoisotopic (exact) mass is 305 g/mol. The summed E-state index contributed by atoms with van der Waals surface area (Å²) in [6.07, 6.45) is -1.09. The molecule has 1 N–H and O–H groups in total. The molecule has 0 aliphatic rings. The summed E-state index contributed by atoms with van der Waals surface area (Å²) in [4.78, 5) is 22.3. The second-order valence-electron chi connectivity index (χ2n) is 3.96. The van der Waals surface area contributed by atoms with Gasteiger partial charge in [0.05, 0.1) is 17.1 Å². The van der Waals surface area contributed by atoms with E-state index in [2.05, 4.69) is 4.74 Å². The third-order valence-corrected chi connectivity index (χ3v) is 2.79. The van der Waals surface area contributed by atoms with Gasteiger partial charge in [0.25, 0.3) is 0 Å². The molecule has 5 nitrogen and oxygen atoms in total. The number of fused-ring (bicyclic) bond motifs is 1. The van der Waals surface area contributed by atoms with Gasteiger partial charge in [0, 0.05) is 6.54 Å². The van der Waals surface area contributed by atoms with Crippen molar-refractivity contribution in [3.63, 3.8) is 0 Å². The predicted octanol–water partition coefficient (Wildman–Crippen LogP) is 2.63. The highest BCUT2D eigenvalue weighted by Gasteiger charge is 2.26. The highest BCUT2D eigenvalue weighted by atomic mass is 19.2. The fourth-order valence-electron chi connectivity index (χ4n) is 1.90. The van der Waals surface area contributed by atoms with Gasteiger partial charge < -0.3 is 14.4 Å². The molecular weight excluding hydrogens is 298 g/mol. The van der Waals surface area contributed by atoms with Crippen molar-refractivity contribution in [2.24, 2.45) is 0 Å². The summed E-state index contributed by atoms with van der Waals surface area (Å²) < 4.78 is 59.0. The normalized spacial score (nSPS) is 10.9. The maximum Gasteiger partial charge on any atom is 0.511 e. The average Bonchev–Trinajstić information content (AvgIpc) is 2.43. The van der Waals surface area contributed by atoms with Crippen molar-refractivity contribution >= 4 is 17.1 Å². The number of ether oxygens (including phenoxy) is 1. The van der Waals surface area contributed by atoms with Crippen LogP contribution in [0.15, 0.2) is 11.0 Å². The topological polar surface area (TPSA) is 68.5 Å². The van der Waals surface area contributed by atoms with Gasteiger partial charge in [-0.3, -0.25) is 4.79 Å². The predicted molar refractivity (Wildman–Crippen MR) is 62.4 cm³/mol. The number of hydrogen-bond donors (Lipinski definition) is 1. The lowest BCUT2D eigenvalue weighted by molar-refractivity contribution is 0.143. The fraction of sp³-hybridized carbons (Fsp3) is 0.167. The van der Waals surface area contributed by atoms with Crippen molar-refractivity contribution in [3.05, 3.63) is 39.7 Å². The zero-order chi connectivity index (χ0) is 15.9. The van der Waals surface area contributed by atoms with E-state index in [-0.39, 0.29) is 6.54 Å². The van der Waals surface area contributed by atoms with Crippen LogP contribution in [0.2, 0.25) is 0 Å². The van der Waals surface area contributed by atoms with Crippen molar-refractivity contribution in [1.29, 1.82) is 0 Å². The number of carboxylic acid groups (broad SMARTS) is 1. The molecule has 21 heavy (non-hydrogen) atoms. The van der Waals surface area contributed by atoms with E-state index < -0.39 is 51.5 Å². The Balaban J connectivity index is 3.03. The van der Waals surface area contributed by atoms with Crippen LogP contribution >= 0.6 is 0 Å². The van der Waals surface area contributed by atoms with Gasteiger partial charge in [0.2, 0.25) is 5.43 Å². The SMILES string of the molecule is CCn1cc(OC(=O)O)c(=O)c2c(F)c(F)c(F)c(F)c21. The van der Waals surface area contributed by atoms with E-state index in [9.17, 15) is 27.2 Å². The molecule has 112 valence electrons. The van der Waals surface area contributed by atoms with Gasteiger partial charge in [0.15, 0.2) is 29.0 Å². The Labute approximate surface area is 114 Å². The molecule has 0 unspecified atom stereocenters. The minimum atomic E-state index is -2.16. The summed E-state index contributed by atoms with van der Waals surface area (Å²) in [7, 11) is 0. The first kappa shape index (κ1) is 14.8. The van der Waals surface area contributed by atoms with Crippen LogP contribution in [0, 0.1) is 23.3 Å². The van der Waals surface area contributed by atoms with Gasteiger partial charge in [-0.15, -0.1) is 0 Å². The fourth-order valence-corrected chi connectivity index (χ4v) is 1.90. The van der Waals surface area contributed by atoms with E-state index in [0.29, 0.717) is 0 Å². The lowest BCUT2D eigenvalue weighted by Crippen LogP contribution is -2.19. The summed E-state index contributed by atoms with van der Waals surface area (Å²) >= 11 is 0. The molecule has 0 spiro atoms. The van der Waals surface area contributed by atoms with Gasteiger partial charge >= 0.3 is 6.16 Å². The lowest BCUT2D eigenvalue weighted by Gasteiger charge is -2.12. The standard InChI is InChI=1S/C12H7F4NO4/c1-2-17-3-4(21-12(19)20)11(18)5-6(13)7(14)8(15)9(16)10(5)17/h3H,2H2,1H3,(H,19,20). The number of carbonyl (C=O) groups is 1. The van der Waals surface area contributed by atoms with Crippen LogP contribution in [-0.2, 0) is 6.54 Å². The number of aromatic nitrogens is 1. The quantitative estimate of drug-likeness (QED) is 0.401. The van der Waals surface area contributed by atoms with Crippen LogP contribution in [-0.4, -0.2) is 15.8 Å². The molecule has 0 saturated heterocycles. The molecule has 0 bridgehead atoms. The smallest absolute Gasteiger partial charge is 0.449 e. The maximum atomic E-state index is 13.8. The molecule has 0 amide bonds. The summed E-state index contributed by atoms with van der Waals surface area (Å²) in [5.41, 5.74) is -2.20. The number of nitrogens with zero attached hydrogens (tertiary/aromatic N) is 1. The summed E-state index contributed by atoms with van der Waals surface area (Å²) in [6, 6.07) is 0. The van der Waals surface area contributed by atoms with Gasteiger partial charge in [-0.05, 0) is 6.92 Å². The molecule has 1 aromatic carbocycles. The van der Waals surface area contributed by atoms with Crippen LogP contribution in [0.25, 0.3) is 10.9 Å². The van der Waals surface area contributed by atoms with Crippen molar-refractivity contribution in [3.8, 4) is 5.75 Å². The molecular formula is C12H7F4NO4. The Morgan fingerprint density at radius 1 is 1.19 bits per heavy atom. The molecule has 9 heteroatoms. The van der Waals surface area contributed by atoms with E-state index in [4.69, 9.17) is 5.11 Å². The van der Waals surface area contributed by atoms with Gasteiger partial charge in [-0.25, -0.2) is 22.4 Å². The van der Waals surface area contributed by atoms with Crippen molar-refractivity contribution < 1.29 is 32.2 Å². The third kappa shape index (κ3) is 2.20. The number of halogens is 4. The third-order valence-electron chi connectivity index (χ3n) is 2.79. The van der Waals surface area contributed by atoms with Gasteiger partial charge in [0.1, 0.15) is 0 Å². The molecule has 0 fully saturated rings. The largest absolute Gasteiger partial charge is 0.511 e. The van der Waals surface area contributed by atoms with Crippen LogP contribution in [0.3, 0.4) is 0 Å². The Hall–Kier alpha value is -2.58. The Morgan fingerprint density at radius 3 is 2.29 bits per heavy atom. The molecule has 1 heterocycles. The minimum absolute atomic E-state index is 0.0752. The van der Waals surface area contributed by atoms with Crippen LogP contribution in [0.1, 0.15) is 6.92 Å². The molecule has 0 saturated carbocycles. The average molecular weight is 305 g/mol. The van der Waals surface area contributed by atoms with Crippen LogP contribution < -0.4 is 10.2 Å². The van der Waals surface area contributed by atoms with Gasteiger partial charge in [-0.2, -0.15) is 0 Å². The Morgan fingerprint density at radius 2 is 1.76 bits per heavy atom.